The number of phenolic OH excluding ortho intramolecular Hbond substituents is 1. The zero-order valence-corrected chi connectivity index (χ0v) is 16.5. The van der Waals surface area contributed by atoms with Crippen molar-refractivity contribution in [3.8, 4) is 23.1 Å². The fourth-order valence-corrected chi connectivity index (χ4v) is 4.79. The van der Waals surface area contributed by atoms with Gasteiger partial charge in [-0.25, -0.2) is 17.8 Å². The van der Waals surface area contributed by atoms with Crippen LogP contribution in [0.5, 0.6) is 23.1 Å². The lowest BCUT2D eigenvalue weighted by Gasteiger charge is -2.12. The first kappa shape index (κ1) is 19.0. The Balaban J connectivity index is 1.77. The van der Waals surface area contributed by atoms with Crippen LogP contribution in [0.2, 0.25) is 0 Å². The maximum atomic E-state index is 12.6. The van der Waals surface area contributed by atoms with Crippen LogP contribution in [0.3, 0.4) is 0 Å². The molecule has 10 nitrogen and oxygen atoms in total. The van der Waals surface area contributed by atoms with Crippen molar-refractivity contribution in [3.05, 3.63) is 45.8 Å². The van der Waals surface area contributed by atoms with Gasteiger partial charge in [-0.3, -0.25) is 9.29 Å². The van der Waals surface area contributed by atoms with Gasteiger partial charge in [-0.2, -0.15) is 0 Å². The Labute approximate surface area is 168 Å². The van der Waals surface area contributed by atoms with Gasteiger partial charge in [0.25, 0.3) is 10.0 Å². The number of ether oxygens (including phenoxy) is 2. The van der Waals surface area contributed by atoms with E-state index >= 15 is 0 Å². The summed E-state index contributed by atoms with van der Waals surface area (Å²) in [5.41, 5.74) is -0.293. The molecule has 29 heavy (non-hydrogen) atoms. The van der Waals surface area contributed by atoms with E-state index in [1.54, 1.807) is 11.4 Å². The van der Waals surface area contributed by atoms with E-state index in [1.165, 1.54) is 42.2 Å². The number of anilines is 1. The standard InChI is InChI=1S/C17H15N3O7S2/c1-19-8-12(21)20(17(19)23)5-4-10-7-11(15-16(14(10)22)27-9-26-15)18-29(24,25)13-3-2-6-28-13/h2-8,18,21-22H,9H2,1H3. The maximum Gasteiger partial charge on any atom is 0.334 e. The van der Waals surface area contributed by atoms with Crippen molar-refractivity contribution < 1.29 is 28.1 Å². The Hall–Kier alpha value is -3.38. The quantitative estimate of drug-likeness (QED) is 0.519. The summed E-state index contributed by atoms with van der Waals surface area (Å²) in [6.07, 6.45) is 3.81. The van der Waals surface area contributed by atoms with Crippen molar-refractivity contribution in [2.45, 2.75) is 4.21 Å². The Bertz CT molecular complexity index is 1270. The van der Waals surface area contributed by atoms with Crippen LogP contribution in [-0.2, 0) is 17.1 Å². The molecular formula is C17H15N3O7S2. The molecule has 3 N–H and O–H groups in total. The molecule has 0 bridgehead atoms. The largest absolute Gasteiger partial charge is 0.504 e. The number of hydrogen-bond acceptors (Lipinski definition) is 8. The fourth-order valence-electron chi connectivity index (χ4n) is 2.74. The zero-order valence-electron chi connectivity index (χ0n) is 14.9. The molecule has 12 heteroatoms. The van der Waals surface area contributed by atoms with Crippen LogP contribution < -0.4 is 19.9 Å². The lowest BCUT2D eigenvalue weighted by atomic mass is 10.1. The summed E-state index contributed by atoms with van der Waals surface area (Å²) in [5.74, 6) is -0.566. The van der Waals surface area contributed by atoms with E-state index in [2.05, 4.69) is 4.72 Å². The molecule has 0 spiro atoms. The number of sulfonamides is 1. The molecule has 1 aromatic carbocycles. The van der Waals surface area contributed by atoms with Crippen LogP contribution in [0.25, 0.3) is 12.3 Å². The molecule has 0 unspecified atom stereocenters. The van der Waals surface area contributed by atoms with Crippen LogP contribution in [0, 0.1) is 0 Å². The summed E-state index contributed by atoms with van der Waals surface area (Å²) in [6.45, 7) is -0.192. The second-order valence-corrected chi connectivity index (χ2v) is 8.89. The minimum Gasteiger partial charge on any atom is -0.504 e. The number of fused-ring (bicyclic) bond motifs is 1. The minimum absolute atomic E-state index is 0.0272. The van der Waals surface area contributed by atoms with Gasteiger partial charge >= 0.3 is 5.69 Å². The number of benzene rings is 1. The number of thiophene rings is 1. The lowest BCUT2D eigenvalue weighted by molar-refractivity contribution is 0.171. The highest BCUT2D eigenvalue weighted by molar-refractivity contribution is 7.94. The smallest absolute Gasteiger partial charge is 0.334 e. The summed E-state index contributed by atoms with van der Waals surface area (Å²) >= 11 is 1.05. The van der Waals surface area contributed by atoms with Crippen molar-refractivity contribution in [2.24, 2.45) is 7.05 Å². The molecule has 0 amide bonds. The highest BCUT2D eigenvalue weighted by Crippen LogP contribution is 2.48. The number of phenols is 1. The molecule has 0 saturated carbocycles. The van der Waals surface area contributed by atoms with Gasteiger partial charge in [-0.1, -0.05) is 6.07 Å². The van der Waals surface area contributed by atoms with E-state index in [9.17, 15) is 23.4 Å². The van der Waals surface area contributed by atoms with E-state index in [4.69, 9.17) is 9.47 Å². The molecule has 2 aromatic heterocycles. The third kappa shape index (κ3) is 3.32. The van der Waals surface area contributed by atoms with Crippen molar-refractivity contribution in [1.82, 2.24) is 9.13 Å². The van der Waals surface area contributed by atoms with Gasteiger partial charge in [-0.05, 0) is 23.6 Å². The van der Waals surface area contributed by atoms with E-state index in [0.717, 1.165) is 15.9 Å². The van der Waals surface area contributed by atoms with Gasteiger partial charge in [0.2, 0.25) is 18.4 Å². The predicted molar refractivity (Wildman–Crippen MR) is 106 cm³/mol. The summed E-state index contributed by atoms with van der Waals surface area (Å²) < 4.78 is 40.4. The number of nitrogens with one attached hydrogen (secondary N) is 1. The fraction of sp³-hybridized carbons (Fsp3) is 0.118. The van der Waals surface area contributed by atoms with Gasteiger partial charge in [0, 0.05) is 18.8 Å². The van der Waals surface area contributed by atoms with E-state index < -0.39 is 15.7 Å². The number of aromatic hydroxyl groups is 2. The number of rotatable bonds is 5. The van der Waals surface area contributed by atoms with Gasteiger partial charge in [0.05, 0.1) is 11.9 Å². The maximum absolute atomic E-state index is 12.6. The number of imidazole rings is 1. The van der Waals surface area contributed by atoms with Crippen LogP contribution in [-0.4, -0.2) is 34.6 Å². The Morgan fingerprint density at radius 3 is 2.69 bits per heavy atom. The average Bonchev–Trinajstić information content (AvgIpc) is 3.40. The van der Waals surface area contributed by atoms with Gasteiger partial charge in [0.1, 0.15) is 4.21 Å². The van der Waals surface area contributed by atoms with Crippen LogP contribution in [0.1, 0.15) is 5.56 Å². The molecule has 3 aromatic rings. The number of nitrogens with zero attached hydrogens (tertiary/aromatic N) is 2. The van der Waals surface area contributed by atoms with Crippen molar-refractivity contribution in [2.75, 3.05) is 11.5 Å². The minimum atomic E-state index is -3.87. The van der Waals surface area contributed by atoms with Crippen molar-refractivity contribution in [1.29, 1.82) is 0 Å². The van der Waals surface area contributed by atoms with Crippen molar-refractivity contribution >= 4 is 39.3 Å². The second kappa shape index (κ2) is 6.90. The number of hydrogen-bond donors (Lipinski definition) is 3. The topological polar surface area (TPSA) is 132 Å². The highest BCUT2D eigenvalue weighted by Gasteiger charge is 2.27. The molecule has 4 rings (SSSR count). The lowest BCUT2D eigenvalue weighted by Crippen LogP contribution is -2.18. The third-order valence-electron chi connectivity index (χ3n) is 4.12. The summed E-state index contributed by atoms with van der Waals surface area (Å²) in [6, 6.07) is 4.41. The van der Waals surface area contributed by atoms with Gasteiger partial charge in [0.15, 0.2) is 11.5 Å². The molecule has 0 saturated heterocycles. The summed E-state index contributed by atoms with van der Waals surface area (Å²) in [5, 5.41) is 21.9. The van der Waals surface area contributed by atoms with Crippen molar-refractivity contribution in [3.63, 3.8) is 0 Å². The molecule has 0 atom stereocenters. The normalized spacial score (nSPS) is 13.3. The zero-order chi connectivity index (χ0) is 20.8. The first-order valence-corrected chi connectivity index (χ1v) is 10.5. The molecular weight excluding hydrogens is 422 g/mol. The molecule has 0 radical (unpaired) electrons. The molecule has 1 aliphatic heterocycles. The molecule has 152 valence electrons. The van der Waals surface area contributed by atoms with E-state index in [-0.39, 0.29) is 45.4 Å². The third-order valence-corrected chi connectivity index (χ3v) is 6.88. The first-order chi connectivity index (χ1) is 13.8. The first-order valence-electron chi connectivity index (χ1n) is 8.15. The van der Waals surface area contributed by atoms with E-state index in [0.29, 0.717) is 0 Å². The SMILES string of the molecule is Cn1cc(O)n(C=Cc2cc(NS(=O)(=O)c3cccs3)c3c(c2O)OCO3)c1=O. The number of aryl methyl sites for hydroxylation is 1. The average molecular weight is 437 g/mol. The molecule has 0 fully saturated rings. The van der Waals surface area contributed by atoms with Gasteiger partial charge < -0.3 is 19.7 Å². The summed E-state index contributed by atoms with van der Waals surface area (Å²) in [4.78, 5) is 12.0. The molecule has 3 heterocycles. The predicted octanol–water partition coefficient (Wildman–Crippen LogP) is 1.82. The Morgan fingerprint density at radius 2 is 2.03 bits per heavy atom. The summed E-state index contributed by atoms with van der Waals surface area (Å²) in [7, 11) is -2.40. The second-order valence-electron chi connectivity index (χ2n) is 6.03. The molecule has 1 aliphatic rings. The van der Waals surface area contributed by atoms with Crippen LogP contribution in [0.15, 0.2) is 38.8 Å². The number of aromatic nitrogens is 2. The van der Waals surface area contributed by atoms with Crippen LogP contribution in [0.4, 0.5) is 5.69 Å². The molecule has 0 aliphatic carbocycles. The Kier molecular flexibility index (Phi) is 4.51. The van der Waals surface area contributed by atoms with Crippen LogP contribution >= 0.6 is 11.3 Å². The highest BCUT2D eigenvalue weighted by atomic mass is 32.2. The van der Waals surface area contributed by atoms with E-state index in [1.807, 2.05) is 0 Å². The monoisotopic (exact) mass is 437 g/mol. The van der Waals surface area contributed by atoms with Gasteiger partial charge in [-0.15, -0.1) is 11.3 Å². The Morgan fingerprint density at radius 1 is 1.28 bits per heavy atom.